The van der Waals surface area contributed by atoms with E-state index in [0.29, 0.717) is 0 Å². The first-order chi connectivity index (χ1) is 20.2. The van der Waals surface area contributed by atoms with E-state index in [9.17, 15) is 27.2 Å². The molecule has 0 aliphatic heterocycles. The number of benzene rings is 2. The fourth-order valence-electron chi connectivity index (χ4n) is 3.63. The smallest absolute Gasteiger partial charge is 0.355 e. The number of anilines is 2. The number of hydrogen-bond acceptors (Lipinski definition) is 8. The van der Waals surface area contributed by atoms with Gasteiger partial charge in [0.2, 0.25) is 0 Å². The molecule has 0 aliphatic carbocycles. The third kappa shape index (κ3) is 7.36. The summed E-state index contributed by atoms with van der Waals surface area (Å²) < 4.78 is 53.6. The summed E-state index contributed by atoms with van der Waals surface area (Å²) in [7, 11) is 0. The fraction of sp³-hybridized carbons (Fsp3) is 0.103. The maximum Gasteiger partial charge on any atom is 0.355 e. The van der Waals surface area contributed by atoms with Gasteiger partial charge in [-0.2, -0.15) is 0 Å². The molecule has 0 saturated carbocycles. The Balaban J connectivity index is 0.000000303. The zero-order valence-electron chi connectivity index (χ0n) is 22.0. The Morgan fingerprint density at radius 2 is 1.41 bits per heavy atom. The Kier molecular flexibility index (Phi) is 11.7. The largest absolute Gasteiger partial charge is 0.476 e. The number of rotatable bonds is 7. The first-order valence-corrected chi connectivity index (χ1v) is 12.5. The maximum atomic E-state index is 14.3. The van der Waals surface area contributed by atoms with Crippen LogP contribution >= 0.6 is 23.2 Å². The number of halogens is 6. The number of aromatic nitrogens is 4. The molecule has 0 atom stereocenters. The Morgan fingerprint density at radius 3 is 1.91 bits per heavy atom. The van der Waals surface area contributed by atoms with E-state index < -0.39 is 40.4 Å². The molecule has 15 heteroatoms. The van der Waals surface area contributed by atoms with Crippen molar-refractivity contribution in [1.29, 1.82) is 0 Å². The SMILES string of the molecule is C.C=Cc1c(N)nc(-c2ccc(Cl)c(C(F)F)c2F)nc1C(C)=O.C=Cc1c(N)nc(-c2ccc(Cl)c(F)c2)nc1C(=O)O. The summed E-state index contributed by atoms with van der Waals surface area (Å²) in [6.45, 7) is 8.20. The summed E-state index contributed by atoms with van der Waals surface area (Å²) in [5, 5.41) is 8.64. The average molecular weight is 651 g/mol. The van der Waals surface area contributed by atoms with E-state index in [2.05, 4.69) is 33.1 Å². The Bertz CT molecular complexity index is 1790. The number of nitrogen functional groups attached to an aromatic ring is 2. The lowest BCUT2D eigenvalue weighted by molar-refractivity contribution is 0.0690. The molecule has 0 radical (unpaired) electrons. The van der Waals surface area contributed by atoms with Crippen LogP contribution in [0.3, 0.4) is 0 Å². The van der Waals surface area contributed by atoms with Gasteiger partial charge in [0.1, 0.15) is 29.0 Å². The molecule has 2 aromatic heterocycles. The van der Waals surface area contributed by atoms with Gasteiger partial charge in [-0.05, 0) is 30.3 Å². The summed E-state index contributed by atoms with van der Waals surface area (Å²) in [6, 6.07) is 6.16. The molecule has 9 nitrogen and oxygen atoms in total. The van der Waals surface area contributed by atoms with Crippen molar-refractivity contribution in [2.45, 2.75) is 20.8 Å². The van der Waals surface area contributed by atoms with Crippen LogP contribution in [-0.2, 0) is 0 Å². The predicted octanol–water partition coefficient (Wildman–Crippen LogP) is 7.80. The van der Waals surface area contributed by atoms with Crippen LogP contribution in [0, 0.1) is 11.6 Å². The fourth-order valence-corrected chi connectivity index (χ4v) is 3.98. The normalized spacial score (nSPS) is 10.4. The maximum absolute atomic E-state index is 14.3. The predicted molar refractivity (Wildman–Crippen MR) is 163 cm³/mol. The molecule has 2 heterocycles. The summed E-state index contributed by atoms with van der Waals surface area (Å²) in [6.07, 6.45) is -0.566. The molecule has 5 N–H and O–H groups in total. The standard InChI is InChI=1S/C15H11ClF3N3O.C13H9ClFN3O2.CH4/c1-3-7-12(6(2)23)21-15(22-14(7)20)8-4-5-9(16)10(11(8)17)13(18)19;1-2-7-10(13(19)20)17-12(18-11(7)16)6-3-4-8(14)9(15)5-6;/h3-5,13H,1H2,2H3,(H2,20,21,22);2-5H,1H2,(H,19,20)(H2,16,17,18);1H4. The zero-order valence-corrected chi connectivity index (χ0v) is 23.5. The van der Waals surface area contributed by atoms with Crippen molar-refractivity contribution in [3.63, 3.8) is 0 Å². The molecule has 0 bridgehead atoms. The molecule has 0 aliphatic rings. The quantitative estimate of drug-likeness (QED) is 0.134. The van der Waals surface area contributed by atoms with Crippen molar-refractivity contribution in [1.82, 2.24) is 19.9 Å². The van der Waals surface area contributed by atoms with Crippen LogP contribution in [0.4, 0.5) is 29.2 Å². The number of carbonyl (C=O) groups excluding carboxylic acids is 1. The Morgan fingerprint density at radius 1 is 0.886 bits per heavy atom. The van der Waals surface area contributed by atoms with Crippen molar-refractivity contribution < 1.29 is 32.3 Å². The second-order valence-electron chi connectivity index (χ2n) is 8.41. The van der Waals surface area contributed by atoms with E-state index in [1.54, 1.807) is 0 Å². The molecular weight excluding hydrogens is 627 g/mol. The summed E-state index contributed by atoms with van der Waals surface area (Å²) in [5.74, 6) is -4.07. The molecule has 44 heavy (non-hydrogen) atoms. The van der Waals surface area contributed by atoms with E-state index in [0.717, 1.165) is 18.2 Å². The molecule has 2 aromatic carbocycles. The van der Waals surface area contributed by atoms with Gasteiger partial charge in [0, 0.05) is 23.6 Å². The molecule has 4 aromatic rings. The molecule has 0 amide bonds. The van der Waals surface area contributed by atoms with E-state index in [-0.39, 0.29) is 69.4 Å². The van der Waals surface area contributed by atoms with Crippen LogP contribution in [0.25, 0.3) is 34.9 Å². The highest BCUT2D eigenvalue weighted by molar-refractivity contribution is 6.31. The van der Waals surface area contributed by atoms with Crippen molar-refractivity contribution >= 4 is 58.7 Å². The number of alkyl halides is 2. The minimum absolute atomic E-state index is 0. The number of carbonyl (C=O) groups is 2. The molecule has 0 saturated heterocycles. The molecular formula is C29H24Cl2F4N6O3. The summed E-state index contributed by atoms with van der Waals surface area (Å²) in [5.41, 5.74) is 10.3. The third-order valence-electron chi connectivity index (χ3n) is 5.66. The van der Waals surface area contributed by atoms with E-state index in [4.69, 9.17) is 39.8 Å². The van der Waals surface area contributed by atoms with Crippen LogP contribution in [0.2, 0.25) is 10.0 Å². The lowest BCUT2D eigenvalue weighted by Crippen LogP contribution is -2.10. The van der Waals surface area contributed by atoms with Gasteiger partial charge >= 0.3 is 5.97 Å². The van der Waals surface area contributed by atoms with Crippen LogP contribution in [0.15, 0.2) is 43.5 Å². The lowest BCUT2D eigenvalue weighted by Gasteiger charge is -2.11. The van der Waals surface area contributed by atoms with Gasteiger partial charge in [-0.3, -0.25) is 4.79 Å². The van der Waals surface area contributed by atoms with Crippen molar-refractivity contribution in [3.8, 4) is 22.8 Å². The van der Waals surface area contributed by atoms with Gasteiger partial charge < -0.3 is 16.6 Å². The second kappa shape index (κ2) is 14.5. The number of carboxylic acids is 1. The summed E-state index contributed by atoms with van der Waals surface area (Å²) in [4.78, 5) is 38.4. The van der Waals surface area contributed by atoms with Crippen LogP contribution in [-0.4, -0.2) is 36.8 Å². The highest BCUT2D eigenvalue weighted by Crippen LogP contribution is 2.35. The number of nitrogens with two attached hydrogens (primary N) is 2. The molecule has 0 spiro atoms. The Labute approximate surface area is 258 Å². The van der Waals surface area contributed by atoms with Gasteiger partial charge in [0.05, 0.1) is 21.2 Å². The molecule has 0 fully saturated rings. The van der Waals surface area contributed by atoms with Gasteiger partial charge in [-0.1, -0.05) is 55.9 Å². The van der Waals surface area contributed by atoms with Crippen LogP contribution < -0.4 is 11.5 Å². The van der Waals surface area contributed by atoms with Gasteiger partial charge in [-0.25, -0.2) is 42.3 Å². The average Bonchev–Trinajstić information content (AvgIpc) is 2.93. The minimum Gasteiger partial charge on any atom is -0.476 e. The first kappa shape index (κ1) is 35.3. The molecule has 230 valence electrons. The second-order valence-corrected chi connectivity index (χ2v) is 9.23. The van der Waals surface area contributed by atoms with Gasteiger partial charge in [0.25, 0.3) is 6.43 Å². The van der Waals surface area contributed by atoms with E-state index >= 15 is 0 Å². The zero-order chi connectivity index (χ0) is 32.2. The highest BCUT2D eigenvalue weighted by atomic mass is 35.5. The minimum atomic E-state index is -3.11. The van der Waals surface area contributed by atoms with E-state index in [1.807, 2.05) is 0 Å². The Hall–Kier alpha value is -4.88. The topological polar surface area (TPSA) is 158 Å². The van der Waals surface area contributed by atoms with Crippen LogP contribution in [0.1, 0.15) is 58.4 Å². The van der Waals surface area contributed by atoms with Gasteiger partial charge in [-0.15, -0.1) is 0 Å². The third-order valence-corrected chi connectivity index (χ3v) is 6.29. The van der Waals surface area contributed by atoms with E-state index in [1.165, 1.54) is 31.2 Å². The van der Waals surface area contributed by atoms with Crippen molar-refractivity contribution in [3.05, 3.63) is 93.2 Å². The number of ketones is 1. The molecule has 4 rings (SSSR count). The lowest BCUT2D eigenvalue weighted by atomic mass is 10.1. The number of carboxylic acid groups (broad SMARTS) is 1. The number of aromatic carboxylic acids is 1. The highest BCUT2D eigenvalue weighted by Gasteiger charge is 2.24. The number of hydrogen-bond donors (Lipinski definition) is 3. The van der Waals surface area contributed by atoms with Crippen molar-refractivity contribution in [2.24, 2.45) is 0 Å². The van der Waals surface area contributed by atoms with Crippen molar-refractivity contribution in [2.75, 3.05) is 11.5 Å². The van der Waals surface area contributed by atoms with Gasteiger partial charge in [0.15, 0.2) is 23.1 Å². The number of Topliss-reactive ketones (excluding diaryl/α,β-unsaturated/α-hetero) is 1. The van der Waals surface area contributed by atoms with Crippen LogP contribution in [0.5, 0.6) is 0 Å². The monoisotopic (exact) mass is 650 g/mol. The molecule has 0 unspecified atom stereocenters. The number of nitrogens with zero attached hydrogens (tertiary/aromatic N) is 4. The summed E-state index contributed by atoms with van der Waals surface area (Å²) >= 11 is 11.2. The first-order valence-electron chi connectivity index (χ1n) is 11.8.